The summed E-state index contributed by atoms with van der Waals surface area (Å²) < 4.78 is 52.6. The molecule has 0 radical (unpaired) electrons. The number of methoxy groups -OCH3 is 1. The number of hydrogen-bond donors (Lipinski definition) is 1. The highest BCUT2D eigenvalue weighted by Gasteiger charge is 2.44. The molecule has 32 heavy (non-hydrogen) atoms. The van der Waals surface area contributed by atoms with Gasteiger partial charge in [0.05, 0.1) is 19.3 Å². The third kappa shape index (κ3) is 4.12. The average Bonchev–Trinajstić information content (AvgIpc) is 3.12. The standard InChI is InChI=1S/C24H29F3N2O3/c1-3-32-19-15-17(6-7-18(19)31-2)22(30)16-5-4-11-23(12-10-16)20-8-9-21(24(25,26)27)29(20)14-13-28-23/h6-9,15-16,28H,3-5,10-14H2,1-2H3. The second-order valence-corrected chi connectivity index (χ2v) is 8.55. The molecule has 1 N–H and O–H groups in total. The van der Waals surface area contributed by atoms with Gasteiger partial charge in [-0.15, -0.1) is 0 Å². The van der Waals surface area contributed by atoms with Gasteiger partial charge in [0, 0.05) is 30.3 Å². The molecule has 0 amide bonds. The molecule has 2 aliphatic rings. The molecule has 1 saturated carbocycles. The minimum absolute atomic E-state index is 0.0489. The molecule has 0 bridgehead atoms. The Hall–Kier alpha value is -2.48. The molecule has 1 fully saturated rings. The van der Waals surface area contributed by atoms with Gasteiger partial charge in [0.2, 0.25) is 0 Å². The highest BCUT2D eigenvalue weighted by Crippen LogP contribution is 2.43. The molecular weight excluding hydrogens is 421 g/mol. The predicted octanol–water partition coefficient (Wildman–Crippen LogP) is 5.18. The van der Waals surface area contributed by atoms with Crippen LogP contribution in [0.2, 0.25) is 0 Å². The smallest absolute Gasteiger partial charge is 0.431 e. The van der Waals surface area contributed by atoms with Gasteiger partial charge in [0.25, 0.3) is 0 Å². The van der Waals surface area contributed by atoms with Gasteiger partial charge in [0.1, 0.15) is 5.69 Å². The summed E-state index contributed by atoms with van der Waals surface area (Å²) in [5.74, 6) is 0.993. The number of Topliss-reactive ketones (excluding diaryl/α,β-unsaturated/α-hetero) is 1. The van der Waals surface area contributed by atoms with Crippen molar-refractivity contribution in [1.29, 1.82) is 0 Å². The Bertz CT molecular complexity index is 985. The van der Waals surface area contributed by atoms with Gasteiger partial charge in [-0.2, -0.15) is 13.2 Å². The van der Waals surface area contributed by atoms with Crippen LogP contribution in [0, 0.1) is 5.92 Å². The number of ether oxygens (including phenoxy) is 2. The van der Waals surface area contributed by atoms with Crippen LogP contribution in [-0.4, -0.2) is 30.6 Å². The number of nitrogens with one attached hydrogen (secondary N) is 1. The van der Waals surface area contributed by atoms with Crippen molar-refractivity contribution >= 4 is 5.78 Å². The fourth-order valence-electron chi connectivity index (χ4n) is 5.24. The van der Waals surface area contributed by atoms with Crippen LogP contribution in [-0.2, 0) is 18.3 Å². The van der Waals surface area contributed by atoms with Crippen LogP contribution in [0.3, 0.4) is 0 Å². The highest BCUT2D eigenvalue weighted by molar-refractivity contribution is 5.98. The third-order valence-electron chi connectivity index (χ3n) is 6.75. The van der Waals surface area contributed by atoms with E-state index in [-0.39, 0.29) is 11.7 Å². The van der Waals surface area contributed by atoms with Crippen LogP contribution in [0.25, 0.3) is 0 Å². The molecule has 1 aromatic carbocycles. The monoisotopic (exact) mass is 450 g/mol. The molecule has 5 nitrogen and oxygen atoms in total. The Morgan fingerprint density at radius 3 is 2.72 bits per heavy atom. The number of aromatic nitrogens is 1. The van der Waals surface area contributed by atoms with Gasteiger partial charge in [-0.3, -0.25) is 4.79 Å². The Morgan fingerprint density at radius 1 is 1.19 bits per heavy atom. The maximum atomic E-state index is 13.4. The van der Waals surface area contributed by atoms with Crippen molar-refractivity contribution in [3.05, 3.63) is 47.3 Å². The van der Waals surface area contributed by atoms with E-state index in [0.29, 0.717) is 68.1 Å². The highest BCUT2D eigenvalue weighted by atomic mass is 19.4. The summed E-state index contributed by atoms with van der Waals surface area (Å²) >= 11 is 0. The topological polar surface area (TPSA) is 52.5 Å². The van der Waals surface area contributed by atoms with Crippen LogP contribution in [0.5, 0.6) is 11.5 Å². The second kappa shape index (κ2) is 8.81. The van der Waals surface area contributed by atoms with Crippen LogP contribution in [0.4, 0.5) is 13.2 Å². The third-order valence-corrected chi connectivity index (χ3v) is 6.75. The summed E-state index contributed by atoms with van der Waals surface area (Å²) in [6.45, 7) is 3.12. The lowest BCUT2D eigenvalue weighted by atomic mass is 9.84. The molecule has 174 valence electrons. The first-order chi connectivity index (χ1) is 15.3. The van der Waals surface area contributed by atoms with Gasteiger partial charge in [-0.25, -0.2) is 0 Å². The van der Waals surface area contributed by atoms with Crippen LogP contribution >= 0.6 is 0 Å². The minimum atomic E-state index is -4.37. The quantitative estimate of drug-likeness (QED) is 0.638. The number of alkyl halides is 3. The summed E-state index contributed by atoms with van der Waals surface area (Å²) in [7, 11) is 1.56. The van der Waals surface area contributed by atoms with Gasteiger partial charge in [-0.05, 0) is 62.9 Å². The maximum absolute atomic E-state index is 13.4. The lowest BCUT2D eigenvalue weighted by Gasteiger charge is -2.40. The van der Waals surface area contributed by atoms with E-state index in [1.165, 1.54) is 10.6 Å². The zero-order valence-corrected chi connectivity index (χ0v) is 18.4. The molecule has 2 unspecified atom stereocenters. The van der Waals surface area contributed by atoms with Gasteiger partial charge in [0.15, 0.2) is 17.3 Å². The summed E-state index contributed by atoms with van der Waals surface area (Å²) in [4.78, 5) is 13.3. The largest absolute Gasteiger partial charge is 0.493 e. The Labute approximate surface area is 185 Å². The fraction of sp³-hybridized carbons (Fsp3) is 0.542. The molecule has 8 heteroatoms. The van der Waals surface area contributed by atoms with E-state index in [9.17, 15) is 18.0 Å². The maximum Gasteiger partial charge on any atom is 0.431 e. The van der Waals surface area contributed by atoms with Crippen LogP contribution in [0.15, 0.2) is 30.3 Å². The van der Waals surface area contributed by atoms with Crippen molar-refractivity contribution in [2.24, 2.45) is 5.92 Å². The Kier molecular flexibility index (Phi) is 6.25. The number of nitrogens with zero attached hydrogens (tertiary/aromatic N) is 1. The molecule has 0 saturated heterocycles. The minimum Gasteiger partial charge on any atom is -0.493 e. The second-order valence-electron chi connectivity index (χ2n) is 8.55. The first-order valence-corrected chi connectivity index (χ1v) is 11.2. The summed E-state index contributed by atoms with van der Waals surface area (Å²) in [6.07, 6.45) is -0.930. The number of benzene rings is 1. The Morgan fingerprint density at radius 2 is 2.00 bits per heavy atom. The zero-order valence-electron chi connectivity index (χ0n) is 18.4. The van der Waals surface area contributed by atoms with Crippen molar-refractivity contribution < 1.29 is 27.4 Å². The lowest BCUT2D eigenvalue weighted by Crippen LogP contribution is -2.49. The normalized spacial score (nSPS) is 23.5. The van der Waals surface area contributed by atoms with E-state index in [4.69, 9.17) is 9.47 Å². The van der Waals surface area contributed by atoms with Crippen molar-refractivity contribution in [3.8, 4) is 11.5 Å². The number of hydrogen-bond acceptors (Lipinski definition) is 4. The van der Waals surface area contributed by atoms with Gasteiger partial charge in [-0.1, -0.05) is 6.42 Å². The van der Waals surface area contributed by atoms with E-state index in [2.05, 4.69) is 5.32 Å². The zero-order chi connectivity index (χ0) is 22.9. The summed E-state index contributed by atoms with van der Waals surface area (Å²) in [5, 5.41) is 3.50. The van der Waals surface area contributed by atoms with Crippen LogP contribution in [0.1, 0.15) is 60.8 Å². The molecule has 2 heterocycles. The molecule has 4 rings (SSSR count). The van der Waals surface area contributed by atoms with E-state index < -0.39 is 17.4 Å². The number of fused-ring (bicyclic) bond motifs is 2. The Balaban J connectivity index is 1.55. The van der Waals surface area contributed by atoms with E-state index in [1.54, 1.807) is 31.4 Å². The van der Waals surface area contributed by atoms with E-state index in [0.717, 1.165) is 6.42 Å². The number of ketones is 1. The van der Waals surface area contributed by atoms with Crippen molar-refractivity contribution in [2.75, 3.05) is 20.3 Å². The van der Waals surface area contributed by atoms with Gasteiger partial charge >= 0.3 is 6.18 Å². The molecule has 1 aromatic heterocycles. The first-order valence-electron chi connectivity index (χ1n) is 11.2. The molecule has 1 spiro atoms. The molecular formula is C24H29F3N2O3. The van der Waals surface area contributed by atoms with E-state index >= 15 is 0 Å². The summed E-state index contributed by atoms with van der Waals surface area (Å²) in [6, 6.07) is 8.01. The van der Waals surface area contributed by atoms with Crippen LogP contribution < -0.4 is 14.8 Å². The molecule has 1 aliphatic carbocycles. The van der Waals surface area contributed by atoms with Crippen molar-refractivity contribution in [1.82, 2.24) is 9.88 Å². The number of rotatable bonds is 5. The average molecular weight is 451 g/mol. The number of carbonyl (C=O) groups excluding carboxylic acids is 1. The number of halogens is 3. The first kappa shape index (κ1) is 22.7. The lowest BCUT2D eigenvalue weighted by molar-refractivity contribution is -0.144. The van der Waals surface area contributed by atoms with Gasteiger partial charge < -0.3 is 19.4 Å². The molecule has 1 aliphatic heterocycles. The summed E-state index contributed by atoms with van der Waals surface area (Å²) in [5.41, 5.74) is 0.154. The molecule has 2 aromatic rings. The number of carbonyl (C=O) groups is 1. The van der Waals surface area contributed by atoms with Crippen molar-refractivity contribution in [3.63, 3.8) is 0 Å². The SMILES string of the molecule is CCOc1cc(C(=O)C2CCCC3(CC2)NCCn2c(C(F)(F)F)ccc23)ccc1OC. The van der Waals surface area contributed by atoms with Crippen molar-refractivity contribution in [2.45, 2.75) is 57.3 Å². The molecule has 2 atom stereocenters. The van der Waals surface area contributed by atoms with E-state index in [1.807, 2.05) is 6.92 Å². The predicted molar refractivity (Wildman–Crippen MR) is 114 cm³/mol. The fourth-order valence-corrected chi connectivity index (χ4v) is 5.24.